The fraction of sp³-hybridized carbons (Fsp3) is 0.0556. The number of aromatic nitrogens is 4. The monoisotopic (exact) mass is 382 g/mol. The zero-order chi connectivity index (χ0) is 18.1. The van der Waals surface area contributed by atoms with Crippen molar-refractivity contribution in [3.05, 3.63) is 70.1 Å². The summed E-state index contributed by atoms with van der Waals surface area (Å²) in [5.41, 5.74) is 3.89. The van der Waals surface area contributed by atoms with Crippen molar-refractivity contribution < 1.29 is 0 Å². The highest BCUT2D eigenvalue weighted by Crippen LogP contribution is 2.27. The SMILES string of the molecule is N#Cc1cn[nH]c1NCc1c(-c2ccc(Cl)cc2)nc2ccc(Cl)cn12. The molecule has 0 aliphatic rings. The molecule has 1 aromatic carbocycles. The van der Waals surface area contributed by atoms with Crippen LogP contribution in [0.4, 0.5) is 5.82 Å². The number of hydrogen-bond acceptors (Lipinski definition) is 4. The summed E-state index contributed by atoms with van der Waals surface area (Å²) < 4.78 is 1.93. The van der Waals surface area contributed by atoms with Gasteiger partial charge in [-0.2, -0.15) is 10.4 Å². The molecule has 0 atom stereocenters. The van der Waals surface area contributed by atoms with E-state index < -0.39 is 0 Å². The van der Waals surface area contributed by atoms with Crippen LogP contribution in [0.1, 0.15) is 11.3 Å². The Hall–Kier alpha value is -3.01. The maximum Gasteiger partial charge on any atom is 0.139 e. The number of rotatable bonds is 4. The van der Waals surface area contributed by atoms with Gasteiger partial charge in [0.15, 0.2) is 0 Å². The molecule has 0 amide bonds. The van der Waals surface area contributed by atoms with Crippen molar-refractivity contribution in [3.63, 3.8) is 0 Å². The molecule has 3 aromatic heterocycles. The summed E-state index contributed by atoms with van der Waals surface area (Å²) >= 11 is 12.2. The fourth-order valence-corrected chi connectivity index (χ4v) is 3.04. The molecule has 3 heterocycles. The number of nitrogens with one attached hydrogen (secondary N) is 2. The molecular formula is C18H12Cl2N6. The van der Waals surface area contributed by atoms with E-state index in [2.05, 4.69) is 21.6 Å². The average Bonchev–Trinajstić information content (AvgIpc) is 3.24. The number of halogens is 2. The standard InChI is InChI=1S/C18H12Cl2N6/c19-13-3-1-11(2-4-13)17-15(9-22-18-12(7-21)8-23-25-18)26-10-14(20)5-6-16(26)24-17/h1-6,8,10H,9H2,(H2,22,23,25). The number of pyridine rings is 1. The molecule has 0 bridgehead atoms. The molecule has 0 aliphatic carbocycles. The Kier molecular flexibility index (Phi) is 4.25. The molecule has 2 N–H and O–H groups in total. The summed E-state index contributed by atoms with van der Waals surface area (Å²) in [7, 11) is 0. The number of benzene rings is 1. The van der Waals surface area contributed by atoms with Gasteiger partial charge in [-0.1, -0.05) is 35.3 Å². The first kappa shape index (κ1) is 16.5. The van der Waals surface area contributed by atoms with Crippen molar-refractivity contribution in [3.8, 4) is 17.3 Å². The summed E-state index contributed by atoms with van der Waals surface area (Å²) in [5.74, 6) is 0.562. The summed E-state index contributed by atoms with van der Waals surface area (Å²) in [4.78, 5) is 4.73. The Labute approximate surface area is 159 Å². The molecule has 0 fully saturated rings. The van der Waals surface area contributed by atoms with Gasteiger partial charge in [0.25, 0.3) is 0 Å². The van der Waals surface area contributed by atoms with E-state index >= 15 is 0 Å². The van der Waals surface area contributed by atoms with Gasteiger partial charge in [0.05, 0.1) is 29.2 Å². The minimum absolute atomic E-state index is 0.427. The number of H-pyrrole nitrogens is 1. The van der Waals surface area contributed by atoms with Gasteiger partial charge in [-0.05, 0) is 24.3 Å². The molecule has 0 saturated heterocycles. The van der Waals surface area contributed by atoms with Crippen molar-refractivity contribution in [2.75, 3.05) is 5.32 Å². The molecule has 4 rings (SSSR count). The molecular weight excluding hydrogens is 371 g/mol. The van der Waals surface area contributed by atoms with Crippen LogP contribution in [0.2, 0.25) is 10.0 Å². The minimum Gasteiger partial charge on any atom is -0.364 e. The lowest BCUT2D eigenvalue weighted by atomic mass is 10.1. The van der Waals surface area contributed by atoms with Gasteiger partial charge >= 0.3 is 0 Å². The van der Waals surface area contributed by atoms with Gasteiger partial charge < -0.3 is 9.72 Å². The van der Waals surface area contributed by atoms with Gasteiger partial charge in [-0.3, -0.25) is 5.10 Å². The average molecular weight is 383 g/mol. The number of anilines is 1. The van der Waals surface area contributed by atoms with Crippen molar-refractivity contribution in [1.82, 2.24) is 19.6 Å². The van der Waals surface area contributed by atoms with Crippen LogP contribution in [0.5, 0.6) is 0 Å². The fourth-order valence-electron chi connectivity index (χ4n) is 2.75. The van der Waals surface area contributed by atoms with E-state index in [1.807, 2.05) is 40.9 Å². The third-order valence-electron chi connectivity index (χ3n) is 3.99. The predicted octanol–water partition coefficient (Wildman–Crippen LogP) is 4.51. The smallest absolute Gasteiger partial charge is 0.139 e. The Bertz CT molecular complexity index is 1120. The molecule has 0 aliphatic heterocycles. The van der Waals surface area contributed by atoms with Crippen LogP contribution in [0, 0.1) is 11.3 Å². The maximum atomic E-state index is 9.13. The Morgan fingerprint density at radius 3 is 2.65 bits per heavy atom. The van der Waals surface area contributed by atoms with Crippen LogP contribution in [-0.2, 0) is 6.54 Å². The van der Waals surface area contributed by atoms with Gasteiger partial charge in [0.1, 0.15) is 23.1 Å². The lowest BCUT2D eigenvalue weighted by Crippen LogP contribution is -2.05. The minimum atomic E-state index is 0.427. The van der Waals surface area contributed by atoms with Crippen LogP contribution < -0.4 is 5.32 Å². The molecule has 128 valence electrons. The predicted molar refractivity (Wildman–Crippen MR) is 101 cm³/mol. The summed E-state index contributed by atoms with van der Waals surface area (Å²) in [6.07, 6.45) is 3.30. The molecule has 26 heavy (non-hydrogen) atoms. The van der Waals surface area contributed by atoms with E-state index in [4.69, 9.17) is 33.4 Å². The summed E-state index contributed by atoms with van der Waals surface area (Å²) in [5, 5.41) is 20.3. The van der Waals surface area contributed by atoms with Crippen molar-refractivity contribution in [2.45, 2.75) is 6.54 Å². The van der Waals surface area contributed by atoms with Crippen molar-refractivity contribution in [1.29, 1.82) is 5.26 Å². The van der Waals surface area contributed by atoms with Gasteiger partial charge in [0.2, 0.25) is 0 Å². The number of nitrogens with zero attached hydrogens (tertiary/aromatic N) is 4. The maximum absolute atomic E-state index is 9.13. The third kappa shape index (κ3) is 2.99. The third-order valence-corrected chi connectivity index (χ3v) is 4.47. The first-order chi connectivity index (χ1) is 12.7. The molecule has 0 saturated carbocycles. The summed E-state index contributed by atoms with van der Waals surface area (Å²) in [6.45, 7) is 0.427. The first-order valence-corrected chi connectivity index (χ1v) is 8.51. The Balaban J connectivity index is 1.80. The van der Waals surface area contributed by atoms with E-state index in [-0.39, 0.29) is 0 Å². The number of aromatic amines is 1. The highest BCUT2D eigenvalue weighted by Gasteiger charge is 2.15. The van der Waals surface area contributed by atoms with Crippen molar-refractivity contribution >= 4 is 34.7 Å². The zero-order valence-corrected chi connectivity index (χ0v) is 14.9. The van der Waals surface area contributed by atoms with Crippen LogP contribution >= 0.6 is 23.2 Å². The van der Waals surface area contributed by atoms with E-state index in [1.54, 1.807) is 6.07 Å². The van der Waals surface area contributed by atoms with Crippen molar-refractivity contribution in [2.24, 2.45) is 0 Å². The second-order valence-electron chi connectivity index (χ2n) is 5.61. The molecule has 8 heteroatoms. The van der Waals surface area contributed by atoms with Gasteiger partial charge in [0, 0.05) is 16.8 Å². The van der Waals surface area contributed by atoms with E-state index in [1.165, 1.54) is 6.20 Å². The first-order valence-electron chi connectivity index (χ1n) is 7.75. The van der Waals surface area contributed by atoms with E-state index in [0.717, 1.165) is 22.6 Å². The normalized spacial score (nSPS) is 10.8. The quantitative estimate of drug-likeness (QED) is 0.543. The van der Waals surface area contributed by atoms with Crippen LogP contribution in [0.3, 0.4) is 0 Å². The van der Waals surface area contributed by atoms with Crippen LogP contribution in [-0.4, -0.2) is 19.6 Å². The number of fused-ring (bicyclic) bond motifs is 1. The molecule has 4 aromatic rings. The number of hydrogen-bond donors (Lipinski definition) is 2. The highest BCUT2D eigenvalue weighted by molar-refractivity contribution is 6.30. The lowest BCUT2D eigenvalue weighted by Gasteiger charge is -2.08. The zero-order valence-electron chi connectivity index (χ0n) is 13.4. The number of nitriles is 1. The second kappa shape index (κ2) is 6.71. The van der Waals surface area contributed by atoms with E-state index in [9.17, 15) is 0 Å². The number of imidazole rings is 1. The van der Waals surface area contributed by atoms with E-state index in [0.29, 0.717) is 28.0 Å². The molecule has 0 spiro atoms. The van der Waals surface area contributed by atoms with Gasteiger partial charge in [-0.15, -0.1) is 0 Å². The lowest BCUT2D eigenvalue weighted by molar-refractivity contribution is 0.984. The Morgan fingerprint density at radius 2 is 1.88 bits per heavy atom. The van der Waals surface area contributed by atoms with Crippen LogP contribution in [0.25, 0.3) is 16.9 Å². The highest BCUT2D eigenvalue weighted by atomic mass is 35.5. The second-order valence-corrected chi connectivity index (χ2v) is 6.49. The topological polar surface area (TPSA) is 81.8 Å². The Morgan fingerprint density at radius 1 is 1.12 bits per heavy atom. The summed E-state index contributed by atoms with van der Waals surface area (Å²) in [6, 6.07) is 13.3. The van der Waals surface area contributed by atoms with Crippen LogP contribution in [0.15, 0.2) is 48.8 Å². The molecule has 0 unspecified atom stereocenters. The molecule has 6 nitrogen and oxygen atoms in total. The largest absolute Gasteiger partial charge is 0.364 e. The van der Waals surface area contributed by atoms with Gasteiger partial charge in [-0.25, -0.2) is 4.98 Å². The molecule has 0 radical (unpaired) electrons.